The predicted octanol–water partition coefficient (Wildman–Crippen LogP) is -0.630. The Hall–Kier alpha value is -0.540. The SMILES string of the molecule is Cc1c(C(=O)NCC(O)CO)c(I)cc(I)c1C(=O)NCC(O)CO. The Balaban J connectivity index is 3.08. The first kappa shape index (κ1) is 22.5. The second-order valence-electron chi connectivity index (χ2n) is 5.31. The lowest BCUT2D eigenvalue weighted by Gasteiger charge is -2.17. The van der Waals surface area contributed by atoms with Gasteiger partial charge in [-0.3, -0.25) is 9.59 Å². The summed E-state index contributed by atoms with van der Waals surface area (Å²) in [5, 5.41) is 41.3. The Labute approximate surface area is 172 Å². The first-order chi connectivity index (χ1) is 11.7. The molecule has 0 heterocycles. The summed E-state index contributed by atoms with van der Waals surface area (Å²) in [4.78, 5) is 24.8. The molecule has 2 atom stereocenters. The molecular formula is C15H20I2N2O6. The fourth-order valence-corrected chi connectivity index (χ4v) is 4.54. The van der Waals surface area contributed by atoms with E-state index in [9.17, 15) is 19.8 Å². The van der Waals surface area contributed by atoms with Crippen LogP contribution in [-0.4, -0.2) is 70.8 Å². The van der Waals surface area contributed by atoms with E-state index in [0.29, 0.717) is 23.8 Å². The van der Waals surface area contributed by atoms with E-state index in [1.54, 1.807) is 13.0 Å². The molecule has 0 spiro atoms. The highest BCUT2D eigenvalue weighted by Gasteiger charge is 2.23. The van der Waals surface area contributed by atoms with Gasteiger partial charge in [-0.15, -0.1) is 0 Å². The molecular weight excluding hydrogens is 558 g/mol. The molecule has 0 saturated heterocycles. The molecule has 2 amide bonds. The molecule has 0 aliphatic carbocycles. The molecule has 1 aromatic rings. The molecule has 0 radical (unpaired) electrons. The van der Waals surface area contributed by atoms with Gasteiger partial charge in [-0.1, -0.05) is 0 Å². The summed E-state index contributed by atoms with van der Waals surface area (Å²) < 4.78 is 1.28. The van der Waals surface area contributed by atoms with Crippen molar-refractivity contribution < 1.29 is 30.0 Å². The monoisotopic (exact) mass is 578 g/mol. The van der Waals surface area contributed by atoms with E-state index in [0.717, 1.165) is 0 Å². The van der Waals surface area contributed by atoms with Crippen LogP contribution in [0.2, 0.25) is 0 Å². The van der Waals surface area contributed by atoms with Gasteiger partial charge in [0.05, 0.1) is 36.5 Å². The fourth-order valence-electron chi connectivity index (χ4n) is 2.02. The van der Waals surface area contributed by atoms with Gasteiger partial charge in [-0.05, 0) is 63.7 Å². The van der Waals surface area contributed by atoms with Crippen molar-refractivity contribution in [1.29, 1.82) is 0 Å². The average molecular weight is 578 g/mol. The zero-order chi connectivity index (χ0) is 19.1. The molecule has 2 unspecified atom stereocenters. The fraction of sp³-hybridized carbons (Fsp3) is 0.467. The Morgan fingerprint density at radius 1 is 0.960 bits per heavy atom. The van der Waals surface area contributed by atoms with Crippen LogP contribution in [0.4, 0.5) is 0 Å². The van der Waals surface area contributed by atoms with E-state index < -0.39 is 37.2 Å². The minimum absolute atomic E-state index is 0.110. The van der Waals surface area contributed by atoms with Gasteiger partial charge < -0.3 is 31.1 Å². The number of carbonyl (C=O) groups is 2. The summed E-state index contributed by atoms with van der Waals surface area (Å²) in [5.74, 6) is -0.925. The van der Waals surface area contributed by atoms with Crippen molar-refractivity contribution in [1.82, 2.24) is 10.6 Å². The number of halogens is 2. The highest BCUT2D eigenvalue weighted by Crippen LogP contribution is 2.26. The third-order valence-electron chi connectivity index (χ3n) is 3.35. The molecule has 6 N–H and O–H groups in total. The van der Waals surface area contributed by atoms with Crippen LogP contribution in [0.3, 0.4) is 0 Å². The summed E-state index contributed by atoms with van der Waals surface area (Å²) in [7, 11) is 0. The number of rotatable bonds is 8. The van der Waals surface area contributed by atoms with Gasteiger partial charge in [0.2, 0.25) is 0 Å². The second-order valence-corrected chi connectivity index (χ2v) is 7.63. The Morgan fingerprint density at radius 2 is 1.32 bits per heavy atom. The van der Waals surface area contributed by atoms with Crippen molar-refractivity contribution in [2.45, 2.75) is 19.1 Å². The van der Waals surface area contributed by atoms with Gasteiger partial charge in [-0.25, -0.2) is 0 Å². The van der Waals surface area contributed by atoms with Crippen LogP contribution in [0.5, 0.6) is 0 Å². The van der Waals surface area contributed by atoms with Gasteiger partial charge in [0.15, 0.2) is 0 Å². The van der Waals surface area contributed by atoms with Gasteiger partial charge in [-0.2, -0.15) is 0 Å². The van der Waals surface area contributed by atoms with E-state index in [2.05, 4.69) is 10.6 Å². The summed E-state index contributed by atoms with van der Waals surface area (Å²) >= 11 is 3.98. The zero-order valence-corrected chi connectivity index (χ0v) is 17.7. The van der Waals surface area contributed by atoms with Gasteiger partial charge >= 0.3 is 0 Å². The number of hydrogen-bond donors (Lipinski definition) is 6. The summed E-state index contributed by atoms with van der Waals surface area (Å²) in [6.07, 6.45) is -2.12. The Bertz CT molecular complexity index is 591. The number of amides is 2. The topological polar surface area (TPSA) is 139 Å². The number of aliphatic hydroxyl groups excluding tert-OH is 4. The van der Waals surface area contributed by atoms with Crippen LogP contribution >= 0.6 is 45.2 Å². The molecule has 0 bridgehead atoms. The molecule has 1 aromatic carbocycles. The average Bonchev–Trinajstić information content (AvgIpc) is 2.56. The Kier molecular flexibility index (Phi) is 9.51. The number of aliphatic hydroxyl groups is 4. The lowest BCUT2D eigenvalue weighted by Crippen LogP contribution is -2.36. The van der Waals surface area contributed by atoms with Crippen LogP contribution < -0.4 is 10.6 Å². The summed E-state index contributed by atoms with van der Waals surface area (Å²) in [6, 6.07) is 1.68. The van der Waals surface area contributed by atoms with E-state index in [1.165, 1.54) is 0 Å². The van der Waals surface area contributed by atoms with Gasteiger partial charge in [0, 0.05) is 20.2 Å². The van der Waals surface area contributed by atoms with E-state index >= 15 is 0 Å². The normalized spacial score (nSPS) is 13.2. The zero-order valence-electron chi connectivity index (χ0n) is 13.4. The van der Waals surface area contributed by atoms with E-state index in [4.69, 9.17) is 10.2 Å². The van der Waals surface area contributed by atoms with Crippen LogP contribution in [0.25, 0.3) is 0 Å². The van der Waals surface area contributed by atoms with Gasteiger partial charge in [0.25, 0.3) is 11.8 Å². The first-order valence-electron chi connectivity index (χ1n) is 7.35. The molecule has 0 saturated carbocycles. The van der Waals surface area contributed by atoms with Crippen molar-refractivity contribution >= 4 is 57.0 Å². The Morgan fingerprint density at radius 3 is 1.64 bits per heavy atom. The smallest absolute Gasteiger partial charge is 0.252 e. The number of benzene rings is 1. The maximum atomic E-state index is 12.4. The molecule has 25 heavy (non-hydrogen) atoms. The molecule has 10 heteroatoms. The third kappa shape index (κ3) is 6.29. The molecule has 0 fully saturated rings. The molecule has 1 rings (SSSR count). The first-order valence-corrected chi connectivity index (χ1v) is 9.51. The van der Waals surface area contributed by atoms with Crippen molar-refractivity contribution in [3.8, 4) is 0 Å². The van der Waals surface area contributed by atoms with Gasteiger partial charge in [0.1, 0.15) is 0 Å². The minimum Gasteiger partial charge on any atom is -0.394 e. The molecule has 8 nitrogen and oxygen atoms in total. The minimum atomic E-state index is -1.06. The van der Waals surface area contributed by atoms with Crippen molar-refractivity contribution in [2.75, 3.05) is 26.3 Å². The summed E-state index contributed by atoms with van der Waals surface area (Å²) in [6.45, 7) is 0.481. The maximum absolute atomic E-state index is 12.4. The van der Waals surface area contributed by atoms with Crippen LogP contribution in [0.1, 0.15) is 26.3 Å². The highest BCUT2D eigenvalue weighted by atomic mass is 127. The van der Waals surface area contributed by atoms with Crippen LogP contribution in [0.15, 0.2) is 6.07 Å². The van der Waals surface area contributed by atoms with Crippen LogP contribution in [-0.2, 0) is 0 Å². The largest absolute Gasteiger partial charge is 0.394 e. The number of carbonyl (C=O) groups excluding carboxylic acids is 2. The molecule has 0 aliphatic rings. The maximum Gasteiger partial charge on any atom is 0.252 e. The van der Waals surface area contributed by atoms with Crippen molar-refractivity contribution in [3.05, 3.63) is 29.9 Å². The predicted molar refractivity (Wildman–Crippen MR) is 107 cm³/mol. The number of nitrogens with one attached hydrogen (secondary N) is 2. The standard InChI is InChI=1S/C15H20I2N2O6/c1-7-12(14(24)18-3-8(22)5-20)10(16)2-11(17)13(7)15(25)19-4-9(23)6-21/h2,8-9,20-23H,3-6H2,1H3,(H,18,24)(H,19,25). The number of hydrogen-bond acceptors (Lipinski definition) is 6. The van der Waals surface area contributed by atoms with Crippen molar-refractivity contribution in [3.63, 3.8) is 0 Å². The van der Waals surface area contributed by atoms with Crippen molar-refractivity contribution in [2.24, 2.45) is 0 Å². The van der Waals surface area contributed by atoms with Crippen LogP contribution in [0, 0.1) is 14.1 Å². The molecule has 0 aromatic heterocycles. The van der Waals surface area contributed by atoms with E-state index in [1.807, 2.05) is 45.2 Å². The molecule has 140 valence electrons. The third-order valence-corrected chi connectivity index (χ3v) is 5.05. The summed E-state index contributed by atoms with van der Waals surface area (Å²) in [5.41, 5.74) is 1.07. The van der Waals surface area contributed by atoms with E-state index in [-0.39, 0.29) is 13.1 Å². The second kappa shape index (κ2) is 10.6. The quantitative estimate of drug-likeness (QED) is 0.228. The lowest BCUT2D eigenvalue weighted by molar-refractivity contribution is 0.0798. The highest BCUT2D eigenvalue weighted by molar-refractivity contribution is 14.1. The lowest BCUT2D eigenvalue weighted by atomic mass is 10.0. The molecule has 0 aliphatic heterocycles.